The van der Waals surface area contributed by atoms with Gasteiger partial charge in [-0.3, -0.25) is 9.69 Å². The average molecular weight is 424 g/mol. The van der Waals surface area contributed by atoms with Gasteiger partial charge in [-0.05, 0) is 31.2 Å². The highest BCUT2D eigenvalue weighted by molar-refractivity contribution is 9.10. The number of halogens is 1. The third kappa shape index (κ3) is 5.26. The second kappa shape index (κ2) is 8.78. The second-order valence-corrected chi connectivity index (χ2v) is 7.96. The van der Waals surface area contributed by atoms with Crippen LogP contribution >= 0.6 is 27.3 Å². The van der Waals surface area contributed by atoms with Gasteiger partial charge in [-0.2, -0.15) is 0 Å². The fourth-order valence-corrected chi connectivity index (χ4v) is 4.18. The van der Waals surface area contributed by atoms with Crippen LogP contribution in [-0.4, -0.2) is 35.5 Å². The maximum Gasteiger partial charge on any atom is 0.226 e. The van der Waals surface area contributed by atoms with Crippen molar-refractivity contribution in [3.8, 4) is 5.75 Å². The van der Waals surface area contributed by atoms with Gasteiger partial charge < -0.3 is 10.1 Å². The maximum atomic E-state index is 12.1. The van der Waals surface area contributed by atoms with Crippen molar-refractivity contribution in [1.29, 1.82) is 0 Å². The van der Waals surface area contributed by atoms with Gasteiger partial charge in [-0.1, -0.05) is 28.9 Å². The summed E-state index contributed by atoms with van der Waals surface area (Å²) in [6.07, 6.45) is 2.07. The number of thiazole rings is 1. The Morgan fingerprint density at radius 1 is 1.48 bits per heavy atom. The standard InChI is InChI=1S/C18H22BrN3O2S/c1-2-22-9-8-15-16(12-22)25-18(20-15)21-17(23)7-4-10-24-14-6-3-5-13(19)11-14/h3,5-6,11H,2,4,7-10,12H2,1H3,(H,20,21,23). The molecule has 1 aromatic carbocycles. The van der Waals surface area contributed by atoms with E-state index in [4.69, 9.17) is 4.74 Å². The molecule has 7 heteroatoms. The molecule has 0 radical (unpaired) electrons. The van der Waals surface area contributed by atoms with E-state index in [2.05, 4.69) is 38.1 Å². The van der Waals surface area contributed by atoms with Gasteiger partial charge in [-0.15, -0.1) is 11.3 Å². The number of nitrogens with one attached hydrogen (secondary N) is 1. The summed E-state index contributed by atoms with van der Waals surface area (Å²) in [6.45, 7) is 5.74. The zero-order valence-corrected chi connectivity index (χ0v) is 16.7. The number of anilines is 1. The smallest absolute Gasteiger partial charge is 0.226 e. The first-order chi connectivity index (χ1) is 12.1. The van der Waals surface area contributed by atoms with Crippen LogP contribution in [0.5, 0.6) is 5.75 Å². The maximum absolute atomic E-state index is 12.1. The van der Waals surface area contributed by atoms with Crippen LogP contribution in [0.25, 0.3) is 0 Å². The number of aromatic nitrogens is 1. The van der Waals surface area contributed by atoms with Crippen molar-refractivity contribution in [2.75, 3.05) is 25.0 Å². The molecule has 1 amide bonds. The number of amides is 1. The number of carbonyl (C=O) groups excluding carboxylic acids is 1. The lowest BCUT2D eigenvalue weighted by molar-refractivity contribution is -0.116. The fourth-order valence-electron chi connectivity index (χ4n) is 2.73. The SMILES string of the molecule is CCN1CCc2nc(NC(=O)CCCOc3cccc(Br)c3)sc2C1. The van der Waals surface area contributed by atoms with Crippen LogP contribution in [0, 0.1) is 0 Å². The van der Waals surface area contributed by atoms with E-state index in [1.165, 1.54) is 4.88 Å². The minimum absolute atomic E-state index is 0.00344. The molecule has 0 saturated heterocycles. The van der Waals surface area contributed by atoms with Crippen LogP contribution in [-0.2, 0) is 17.8 Å². The monoisotopic (exact) mass is 423 g/mol. The van der Waals surface area contributed by atoms with Crippen molar-refractivity contribution >= 4 is 38.3 Å². The Morgan fingerprint density at radius 3 is 3.16 bits per heavy atom. The summed E-state index contributed by atoms with van der Waals surface area (Å²) in [5, 5.41) is 3.65. The predicted octanol–water partition coefficient (Wildman–Crippen LogP) is 4.08. The molecular weight excluding hydrogens is 402 g/mol. The van der Waals surface area contributed by atoms with Crippen LogP contribution in [0.15, 0.2) is 28.7 Å². The molecule has 1 N–H and O–H groups in total. The molecule has 3 rings (SSSR count). The molecule has 5 nitrogen and oxygen atoms in total. The topological polar surface area (TPSA) is 54.5 Å². The van der Waals surface area contributed by atoms with Crippen molar-refractivity contribution in [2.45, 2.75) is 32.7 Å². The summed E-state index contributed by atoms with van der Waals surface area (Å²) < 4.78 is 6.63. The lowest BCUT2D eigenvalue weighted by Crippen LogP contribution is -2.29. The summed E-state index contributed by atoms with van der Waals surface area (Å²) in [6, 6.07) is 7.70. The molecule has 0 saturated carbocycles. The lowest BCUT2D eigenvalue weighted by atomic mass is 10.2. The normalized spacial score (nSPS) is 14.2. The Morgan fingerprint density at radius 2 is 2.36 bits per heavy atom. The molecule has 1 aromatic heterocycles. The Kier molecular flexibility index (Phi) is 6.45. The van der Waals surface area contributed by atoms with E-state index >= 15 is 0 Å². The van der Waals surface area contributed by atoms with E-state index in [0.29, 0.717) is 19.4 Å². The van der Waals surface area contributed by atoms with Crippen molar-refractivity contribution in [2.24, 2.45) is 0 Å². The highest BCUT2D eigenvalue weighted by Gasteiger charge is 2.20. The number of carbonyl (C=O) groups is 1. The van der Waals surface area contributed by atoms with Gasteiger partial charge in [0.2, 0.25) is 5.91 Å². The van der Waals surface area contributed by atoms with Crippen LogP contribution < -0.4 is 10.1 Å². The third-order valence-corrected chi connectivity index (χ3v) is 5.61. The number of likely N-dealkylation sites (N-methyl/N-ethyl adjacent to an activating group) is 1. The number of hydrogen-bond donors (Lipinski definition) is 1. The largest absolute Gasteiger partial charge is 0.494 e. The Labute approximate surface area is 160 Å². The van der Waals surface area contributed by atoms with E-state index in [-0.39, 0.29) is 5.91 Å². The van der Waals surface area contributed by atoms with Gasteiger partial charge in [-0.25, -0.2) is 4.98 Å². The number of hydrogen-bond acceptors (Lipinski definition) is 5. The summed E-state index contributed by atoms with van der Waals surface area (Å²) in [5.41, 5.74) is 1.14. The molecular formula is C18H22BrN3O2S. The minimum Gasteiger partial charge on any atom is -0.494 e. The first-order valence-electron chi connectivity index (χ1n) is 8.53. The predicted molar refractivity (Wildman–Crippen MR) is 104 cm³/mol. The molecule has 0 atom stereocenters. The number of ether oxygens (including phenoxy) is 1. The van der Waals surface area contributed by atoms with E-state index in [1.54, 1.807) is 11.3 Å². The van der Waals surface area contributed by atoms with Gasteiger partial charge in [0, 0.05) is 35.3 Å². The Bertz CT molecular complexity index is 735. The second-order valence-electron chi connectivity index (χ2n) is 5.97. The molecule has 0 fully saturated rings. The number of benzene rings is 1. The molecule has 1 aliphatic rings. The highest BCUT2D eigenvalue weighted by Crippen LogP contribution is 2.28. The summed E-state index contributed by atoms with van der Waals surface area (Å²) in [4.78, 5) is 20.3. The Hall–Kier alpha value is -1.44. The quantitative estimate of drug-likeness (QED) is 0.681. The van der Waals surface area contributed by atoms with Gasteiger partial charge >= 0.3 is 0 Å². The molecule has 1 aliphatic heterocycles. The lowest BCUT2D eigenvalue weighted by Gasteiger charge is -2.23. The molecule has 0 aliphatic carbocycles. The third-order valence-electron chi connectivity index (χ3n) is 4.12. The fraction of sp³-hybridized carbons (Fsp3) is 0.444. The molecule has 0 spiro atoms. The number of fused-ring (bicyclic) bond motifs is 1. The van der Waals surface area contributed by atoms with Crippen molar-refractivity contribution in [1.82, 2.24) is 9.88 Å². The summed E-state index contributed by atoms with van der Waals surface area (Å²) >= 11 is 5.01. The molecule has 0 unspecified atom stereocenters. The molecule has 0 bridgehead atoms. The number of rotatable bonds is 7. The van der Waals surface area contributed by atoms with Crippen LogP contribution in [0.4, 0.5) is 5.13 Å². The van der Waals surface area contributed by atoms with E-state index in [1.807, 2.05) is 24.3 Å². The van der Waals surface area contributed by atoms with E-state index in [9.17, 15) is 4.79 Å². The minimum atomic E-state index is -0.00344. The Balaban J connectivity index is 1.42. The van der Waals surface area contributed by atoms with Gasteiger partial charge in [0.05, 0.1) is 12.3 Å². The first kappa shape index (κ1) is 18.4. The molecule has 25 heavy (non-hydrogen) atoms. The van der Waals surface area contributed by atoms with Crippen LogP contribution in [0.2, 0.25) is 0 Å². The van der Waals surface area contributed by atoms with Crippen LogP contribution in [0.3, 0.4) is 0 Å². The highest BCUT2D eigenvalue weighted by atomic mass is 79.9. The molecule has 134 valence electrons. The van der Waals surface area contributed by atoms with Gasteiger partial charge in [0.1, 0.15) is 5.75 Å². The molecule has 2 heterocycles. The van der Waals surface area contributed by atoms with Crippen molar-refractivity contribution in [3.05, 3.63) is 39.3 Å². The zero-order valence-electron chi connectivity index (χ0n) is 14.3. The van der Waals surface area contributed by atoms with E-state index in [0.717, 1.165) is 47.1 Å². The van der Waals surface area contributed by atoms with Gasteiger partial charge in [0.25, 0.3) is 0 Å². The first-order valence-corrected chi connectivity index (χ1v) is 10.1. The van der Waals surface area contributed by atoms with Gasteiger partial charge in [0.15, 0.2) is 5.13 Å². The summed E-state index contributed by atoms with van der Waals surface area (Å²) in [5.74, 6) is 0.805. The number of nitrogens with zero attached hydrogens (tertiary/aromatic N) is 2. The van der Waals surface area contributed by atoms with E-state index < -0.39 is 0 Å². The summed E-state index contributed by atoms with van der Waals surface area (Å²) in [7, 11) is 0. The zero-order chi connectivity index (χ0) is 17.6. The van der Waals surface area contributed by atoms with Crippen molar-refractivity contribution in [3.63, 3.8) is 0 Å². The molecule has 2 aromatic rings. The van der Waals surface area contributed by atoms with Crippen molar-refractivity contribution < 1.29 is 9.53 Å². The average Bonchev–Trinajstić information content (AvgIpc) is 3.00. The van der Waals surface area contributed by atoms with Crippen LogP contribution in [0.1, 0.15) is 30.3 Å².